The molecule has 174 valence electrons. The molecule has 2 aliphatic rings. The Bertz CT molecular complexity index is 1200. The molecule has 1 aromatic heterocycles. The molecule has 3 heterocycles. The van der Waals surface area contributed by atoms with E-state index in [1.54, 1.807) is 24.3 Å². The minimum atomic E-state index is -0.229. The lowest BCUT2D eigenvalue weighted by molar-refractivity contribution is 0.104. The molecule has 2 aromatic carbocycles. The number of rotatable bonds is 6. The zero-order valence-electron chi connectivity index (χ0n) is 19.0. The number of hydrogen-bond acceptors (Lipinski definition) is 8. The van der Waals surface area contributed by atoms with Gasteiger partial charge in [0.05, 0.1) is 11.6 Å². The first-order valence-electron chi connectivity index (χ1n) is 11.8. The number of benzene rings is 2. The van der Waals surface area contributed by atoms with Crippen molar-refractivity contribution in [2.45, 2.75) is 31.7 Å². The van der Waals surface area contributed by atoms with Crippen molar-refractivity contribution >= 4 is 39.4 Å². The Morgan fingerprint density at radius 1 is 1.09 bits per heavy atom. The highest BCUT2D eigenvalue weighted by Crippen LogP contribution is 2.31. The third-order valence-electron chi connectivity index (χ3n) is 6.72. The number of nitrogen functional groups attached to an aromatic ring is 1. The van der Waals surface area contributed by atoms with E-state index in [0.717, 1.165) is 24.8 Å². The van der Waals surface area contributed by atoms with Crippen LogP contribution in [0.25, 0.3) is 0 Å². The summed E-state index contributed by atoms with van der Waals surface area (Å²) >= 11 is 1.22. The Hall–Kier alpha value is -3.41. The van der Waals surface area contributed by atoms with Gasteiger partial charge in [-0.2, -0.15) is 5.26 Å². The lowest BCUT2D eigenvalue weighted by Crippen LogP contribution is -2.43. The first-order valence-corrected chi connectivity index (χ1v) is 12.6. The number of nitrogens with one attached hydrogen (secondary N) is 1. The summed E-state index contributed by atoms with van der Waals surface area (Å²) in [6, 6.07) is 17.8. The van der Waals surface area contributed by atoms with Crippen molar-refractivity contribution in [3.8, 4) is 6.07 Å². The van der Waals surface area contributed by atoms with Gasteiger partial charge in [-0.25, -0.2) is 4.98 Å². The molecule has 3 N–H and O–H groups in total. The number of carbonyl (C=O) groups excluding carboxylic acids is 1. The number of likely N-dealkylation sites (tertiary alicyclic amines) is 1. The van der Waals surface area contributed by atoms with Gasteiger partial charge in [0, 0.05) is 36.1 Å². The molecule has 2 saturated heterocycles. The standard InChI is InChI=1S/C26H28N6OS/c27-17-18-4-3-5-19(16-18)23(33)24-25(28)30-26(34-24)29-20-6-8-21(9-7-20)32-14-10-22(11-15-32)31-12-1-2-13-31/h3-9,16,22H,1-2,10-15,28H2,(H,29,30). The van der Waals surface area contributed by atoms with Crippen LogP contribution in [0.3, 0.4) is 0 Å². The Balaban J connectivity index is 1.22. The number of thiazole rings is 1. The second-order valence-corrected chi connectivity index (χ2v) is 9.89. The van der Waals surface area contributed by atoms with Crippen molar-refractivity contribution in [2.75, 3.05) is 42.1 Å². The normalized spacial score (nSPS) is 17.0. The highest BCUT2D eigenvalue weighted by molar-refractivity contribution is 7.18. The van der Waals surface area contributed by atoms with E-state index < -0.39 is 0 Å². The number of carbonyl (C=O) groups is 1. The van der Waals surface area contributed by atoms with Crippen molar-refractivity contribution in [1.29, 1.82) is 5.26 Å². The maximum atomic E-state index is 12.9. The fourth-order valence-corrected chi connectivity index (χ4v) is 5.75. The van der Waals surface area contributed by atoms with Crippen LogP contribution in [0.2, 0.25) is 0 Å². The summed E-state index contributed by atoms with van der Waals surface area (Å²) in [5.74, 6) is -0.0369. The molecule has 2 aliphatic heterocycles. The molecule has 0 atom stereocenters. The number of piperidine rings is 1. The molecular weight excluding hydrogens is 444 g/mol. The highest BCUT2D eigenvalue weighted by Gasteiger charge is 2.26. The fourth-order valence-electron chi connectivity index (χ4n) is 4.88. The van der Waals surface area contributed by atoms with Crippen LogP contribution in [0.15, 0.2) is 48.5 Å². The van der Waals surface area contributed by atoms with Crippen LogP contribution in [0.1, 0.15) is 46.5 Å². The fraction of sp³-hybridized carbons (Fsp3) is 0.346. The molecule has 0 amide bonds. The third kappa shape index (κ3) is 4.76. The van der Waals surface area contributed by atoms with Crippen LogP contribution < -0.4 is 16.0 Å². The summed E-state index contributed by atoms with van der Waals surface area (Å²) in [4.78, 5) is 22.7. The maximum absolute atomic E-state index is 12.9. The predicted octanol–water partition coefficient (Wildman–Crippen LogP) is 4.64. The van der Waals surface area contributed by atoms with Crippen molar-refractivity contribution < 1.29 is 4.79 Å². The van der Waals surface area contributed by atoms with E-state index in [9.17, 15) is 4.79 Å². The van der Waals surface area contributed by atoms with E-state index in [-0.39, 0.29) is 11.6 Å². The van der Waals surface area contributed by atoms with E-state index in [0.29, 0.717) is 21.1 Å². The molecule has 0 spiro atoms. The van der Waals surface area contributed by atoms with E-state index in [1.807, 2.05) is 12.1 Å². The summed E-state index contributed by atoms with van der Waals surface area (Å²) in [5, 5.41) is 12.9. The van der Waals surface area contributed by atoms with Crippen LogP contribution in [-0.4, -0.2) is 47.9 Å². The van der Waals surface area contributed by atoms with Gasteiger partial charge in [-0.1, -0.05) is 23.5 Å². The zero-order chi connectivity index (χ0) is 23.5. The van der Waals surface area contributed by atoms with Crippen molar-refractivity contribution in [3.05, 3.63) is 64.5 Å². The van der Waals surface area contributed by atoms with Gasteiger partial charge in [0.2, 0.25) is 5.78 Å². The molecule has 34 heavy (non-hydrogen) atoms. The van der Waals surface area contributed by atoms with Crippen LogP contribution in [0.5, 0.6) is 0 Å². The number of hydrogen-bond donors (Lipinski definition) is 2. The zero-order valence-corrected chi connectivity index (χ0v) is 19.9. The number of anilines is 4. The minimum absolute atomic E-state index is 0.192. The van der Waals surface area contributed by atoms with Crippen molar-refractivity contribution in [3.63, 3.8) is 0 Å². The Kier molecular flexibility index (Phi) is 6.48. The second-order valence-electron chi connectivity index (χ2n) is 8.89. The molecule has 0 aliphatic carbocycles. The molecule has 0 bridgehead atoms. The number of nitriles is 1. The lowest BCUT2D eigenvalue weighted by atomic mass is 10.0. The lowest BCUT2D eigenvalue weighted by Gasteiger charge is -2.37. The van der Waals surface area contributed by atoms with Crippen LogP contribution in [0.4, 0.5) is 22.3 Å². The molecule has 5 rings (SSSR count). The number of nitrogens with two attached hydrogens (primary N) is 1. The van der Waals surface area contributed by atoms with Gasteiger partial charge in [0.15, 0.2) is 5.13 Å². The molecule has 3 aromatic rings. The molecule has 7 nitrogen and oxygen atoms in total. The Labute approximate surface area is 203 Å². The average molecular weight is 473 g/mol. The molecule has 0 saturated carbocycles. The molecule has 0 unspecified atom stereocenters. The minimum Gasteiger partial charge on any atom is -0.382 e. The summed E-state index contributed by atoms with van der Waals surface area (Å²) in [7, 11) is 0. The van der Waals surface area contributed by atoms with E-state index in [1.165, 1.54) is 55.8 Å². The Morgan fingerprint density at radius 2 is 1.82 bits per heavy atom. The van der Waals surface area contributed by atoms with Crippen LogP contribution in [-0.2, 0) is 0 Å². The third-order valence-corrected chi connectivity index (χ3v) is 7.70. The van der Waals surface area contributed by atoms with Gasteiger partial charge in [-0.15, -0.1) is 0 Å². The number of ketones is 1. The number of aromatic nitrogens is 1. The molecule has 8 heteroatoms. The quantitative estimate of drug-likeness (QED) is 0.505. The van der Waals surface area contributed by atoms with E-state index in [2.05, 4.69) is 38.3 Å². The van der Waals surface area contributed by atoms with Crippen molar-refractivity contribution in [2.24, 2.45) is 0 Å². The van der Waals surface area contributed by atoms with Gasteiger partial charge < -0.3 is 20.9 Å². The summed E-state index contributed by atoms with van der Waals surface area (Å²) in [6.45, 7) is 4.72. The highest BCUT2D eigenvalue weighted by atomic mass is 32.1. The summed E-state index contributed by atoms with van der Waals surface area (Å²) < 4.78 is 0. The maximum Gasteiger partial charge on any atom is 0.206 e. The first kappa shape index (κ1) is 22.4. The van der Waals surface area contributed by atoms with E-state index >= 15 is 0 Å². The van der Waals surface area contributed by atoms with E-state index in [4.69, 9.17) is 11.0 Å². The topological polar surface area (TPSA) is 98.3 Å². The Morgan fingerprint density at radius 3 is 2.53 bits per heavy atom. The molecule has 2 fully saturated rings. The van der Waals surface area contributed by atoms with Crippen LogP contribution >= 0.6 is 11.3 Å². The van der Waals surface area contributed by atoms with Gasteiger partial charge >= 0.3 is 0 Å². The summed E-state index contributed by atoms with van der Waals surface area (Å²) in [6.07, 6.45) is 5.16. The molecule has 0 radical (unpaired) electrons. The first-order chi connectivity index (χ1) is 16.6. The SMILES string of the molecule is N#Cc1cccc(C(=O)c2sc(Nc3ccc(N4CCC(N5CCCC5)CC4)cc3)nc2N)c1. The van der Waals surface area contributed by atoms with Gasteiger partial charge in [0.1, 0.15) is 10.7 Å². The van der Waals surface area contributed by atoms with Gasteiger partial charge in [-0.3, -0.25) is 4.79 Å². The largest absolute Gasteiger partial charge is 0.382 e. The molecular formula is C26H28N6OS. The predicted molar refractivity (Wildman–Crippen MR) is 137 cm³/mol. The monoisotopic (exact) mass is 472 g/mol. The smallest absolute Gasteiger partial charge is 0.206 e. The second kappa shape index (κ2) is 9.84. The number of nitrogens with zero attached hydrogens (tertiary/aromatic N) is 4. The van der Waals surface area contributed by atoms with Gasteiger partial charge in [-0.05, 0) is 75.2 Å². The average Bonchev–Trinajstić information content (AvgIpc) is 3.54. The van der Waals surface area contributed by atoms with Crippen LogP contribution in [0, 0.1) is 11.3 Å². The summed E-state index contributed by atoms with van der Waals surface area (Å²) in [5.41, 5.74) is 9.04. The van der Waals surface area contributed by atoms with Crippen molar-refractivity contribution in [1.82, 2.24) is 9.88 Å². The van der Waals surface area contributed by atoms with Gasteiger partial charge in [0.25, 0.3) is 0 Å².